The maximum Gasteiger partial charge on any atom is 0.398 e. The van der Waals surface area contributed by atoms with E-state index in [1.54, 1.807) is 12.1 Å². The molecule has 1 aromatic heterocycles. The van der Waals surface area contributed by atoms with Gasteiger partial charge in [0, 0.05) is 18.8 Å². The topological polar surface area (TPSA) is 80.3 Å². The van der Waals surface area contributed by atoms with Crippen LogP contribution in [-0.4, -0.2) is 35.8 Å². The van der Waals surface area contributed by atoms with Gasteiger partial charge in [-0.05, 0) is 30.3 Å². The SMILES string of the molecule is COc1ccc(NC(C)=O)cc1NC(=O)c1cccnc1SCC(F)(F)F. The Kier molecular flexibility index (Phi) is 6.67. The van der Waals surface area contributed by atoms with E-state index in [0.29, 0.717) is 23.2 Å². The van der Waals surface area contributed by atoms with Gasteiger partial charge in [0.25, 0.3) is 5.91 Å². The molecule has 0 aliphatic heterocycles. The number of alkyl halides is 3. The van der Waals surface area contributed by atoms with Crippen LogP contribution in [0.25, 0.3) is 0 Å². The number of ether oxygens (including phenoxy) is 1. The number of amides is 2. The van der Waals surface area contributed by atoms with Crippen molar-refractivity contribution in [3.63, 3.8) is 0 Å². The predicted molar refractivity (Wildman–Crippen MR) is 96.3 cm³/mol. The predicted octanol–water partition coefficient (Wildman–Crippen LogP) is 3.96. The Morgan fingerprint density at radius 1 is 1.22 bits per heavy atom. The summed E-state index contributed by atoms with van der Waals surface area (Å²) in [7, 11) is 1.40. The third-order valence-corrected chi connectivity index (χ3v) is 4.23. The second-order valence-electron chi connectivity index (χ2n) is 5.31. The number of carbonyl (C=O) groups excluding carboxylic acids is 2. The molecular formula is C17H16F3N3O3S. The maximum absolute atomic E-state index is 12.6. The quantitative estimate of drug-likeness (QED) is 0.719. The number of rotatable bonds is 6. The van der Waals surface area contributed by atoms with Crippen LogP contribution in [0, 0.1) is 0 Å². The second kappa shape index (κ2) is 8.76. The number of pyridine rings is 1. The van der Waals surface area contributed by atoms with Crippen molar-refractivity contribution in [1.29, 1.82) is 0 Å². The zero-order valence-corrected chi connectivity index (χ0v) is 15.2. The molecule has 2 N–H and O–H groups in total. The number of carbonyl (C=O) groups is 2. The fourth-order valence-corrected chi connectivity index (χ4v) is 2.86. The van der Waals surface area contributed by atoms with Gasteiger partial charge >= 0.3 is 6.18 Å². The Bertz CT molecular complexity index is 844. The molecule has 0 fully saturated rings. The van der Waals surface area contributed by atoms with E-state index in [9.17, 15) is 22.8 Å². The van der Waals surface area contributed by atoms with Gasteiger partial charge in [0.15, 0.2) is 0 Å². The average molecular weight is 399 g/mol. The van der Waals surface area contributed by atoms with Crippen LogP contribution >= 0.6 is 11.8 Å². The summed E-state index contributed by atoms with van der Waals surface area (Å²) in [6, 6.07) is 7.45. The summed E-state index contributed by atoms with van der Waals surface area (Å²) in [5, 5.41) is 5.11. The molecule has 6 nitrogen and oxygen atoms in total. The standard InChI is InChI=1S/C17H16F3N3O3S/c1-10(24)22-11-5-6-14(26-2)13(8-11)23-15(25)12-4-3-7-21-16(12)27-9-17(18,19)20/h3-8H,9H2,1-2H3,(H,22,24)(H,23,25). The van der Waals surface area contributed by atoms with E-state index in [-0.39, 0.29) is 22.2 Å². The molecule has 0 bridgehead atoms. The number of hydrogen-bond acceptors (Lipinski definition) is 5. The number of aromatic nitrogens is 1. The van der Waals surface area contributed by atoms with Crippen LogP contribution in [0.4, 0.5) is 24.5 Å². The molecule has 2 amide bonds. The van der Waals surface area contributed by atoms with Crippen molar-refractivity contribution in [3.05, 3.63) is 42.1 Å². The highest BCUT2D eigenvalue weighted by atomic mass is 32.2. The van der Waals surface area contributed by atoms with Crippen LogP contribution in [-0.2, 0) is 4.79 Å². The first-order chi connectivity index (χ1) is 12.7. The van der Waals surface area contributed by atoms with Gasteiger partial charge in [-0.1, -0.05) is 11.8 Å². The number of anilines is 2. The van der Waals surface area contributed by atoms with Crippen LogP contribution in [0.5, 0.6) is 5.75 Å². The van der Waals surface area contributed by atoms with Gasteiger partial charge < -0.3 is 15.4 Å². The van der Waals surface area contributed by atoms with Crippen molar-refractivity contribution < 1.29 is 27.5 Å². The van der Waals surface area contributed by atoms with Crippen LogP contribution in [0.15, 0.2) is 41.6 Å². The van der Waals surface area contributed by atoms with Crippen LogP contribution in [0.3, 0.4) is 0 Å². The van der Waals surface area contributed by atoms with Crippen molar-refractivity contribution in [1.82, 2.24) is 4.98 Å². The monoisotopic (exact) mass is 399 g/mol. The van der Waals surface area contributed by atoms with E-state index in [0.717, 1.165) is 0 Å². The summed E-state index contributed by atoms with van der Waals surface area (Å²) in [6.45, 7) is 1.34. The molecular weight excluding hydrogens is 383 g/mol. The largest absolute Gasteiger partial charge is 0.495 e. The summed E-state index contributed by atoms with van der Waals surface area (Å²) >= 11 is 0.429. The Morgan fingerprint density at radius 2 is 1.96 bits per heavy atom. The van der Waals surface area contributed by atoms with Gasteiger partial charge in [-0.25, -0.2) is 4.98 Å². The average Bonchev–Trinajstić information content (AvgIpc) is 2.59. The van der Waals surface area contributed by atoms with E-state index in [1.165, 1.54) is 38.4 Å². The molecule has 0 aliphatic rings. The molecule has 0 saturated heterocycles. The van der Waals surface area contributed by atoms with Gasteiger partial charge in [0.1, 0.15) is 10.8 Å². The van der Waals surface area contributed by atoms with E-state index in [2.05, 4.69) is 15.6 Å². The second-order valence-corrected chi connectivity index (χ2v) is 6.27. The minimum Gasteiger partial charge on any atom is -0.495 e. The fourth-order valence-electron chi connectivity index (χ4n) is 2.11. The summed E-state index contributed by atoms with van der Waals surface area (Å²) in [6.07, 6.45) is -3.07. The van der Waals surface area contributed by atoms with E-state index in [4.69, 9.17) is 4.74 Å². The van der Waals surface area contributed by atoms with Crippen LogP contribution < -0.4 is 15.4 Å². The van der Waals surface area contributed by atoms with Gasteiger partial charge in [-0.2, -0.15) is 13.2 Å². The number of benzene rings is 1. The minimum atomic E-state index is -4.38. The molecule has 0 saturated carbocycles. The lowest BCUT2D eigenvalue weighted by Gasteiger charge is -2.14. The van der Waals surface area contributed by atoms with E-state index in [1.807, 2.05) is 0 Å². The van der Waals surface area contributed by atoms with Crippen molar-refractivity contribution in [2.45, 2.75) is 18.1 Å². The number of thioether (sulfide) groups is 1. The van der Waals surface area contributed by atoms with Crippen molar-refractivity contribution in [2.75, 3.05) is 23.5 Å². The molecule has 2 aromatic rings. The third-order valence-electron chi connectivity index (χ3n) is 3.16. The fraction of sp³-hybridized carbons (Fsp3) is 0.235. The Morgan fingerprint density at radius 3 is 2.59 bits per heavy atom. The first kappa shape index (κ1) is 20.6. The number of nitrogens with zero attached hydrogens (tertiary/aromatic N) is 1. The summed E-state index contributed by atoms with van der Waals surface area (Å²) in [5.74, 6) is -1.78. The van der Waals surface area contributed by atoms with Gasteiger partial charge in [-0.15, -0.1) is 0 Å². The Hall–Kier alpha value is -2.75. The zero-order chi connectivity index (χ0) is 20.0. The molecule has 0 unspecified atom stereocenters. The van der Waals surface area contributed by atoms with Crippen molar-refractivity contribution in [3.8, 4) is 5.75 Å². The summed E-state index contributed by atoms with van der Waals surface area (Å²) in [4.78, 5) is 27.6. The highest BCUT2D eigenvalue weighted by Crippen LogP contribution is 2.31. The highest BCUT2D eigenvalue weighted by molar-refractivity contribution is 7.99. The summed E-state index contributed by atoms with van der Waals surface area (Å²) < 4.78 is 42.6. The molecule has 0 radical (unpaired) electrons. The van der Waals surface area contributed by atoms with Crippen molar-refractivity contribution in [2.24, 2.45) is 0 Å². The number of hydrogen-bond donors (Lipinski definition) is 2. The molecule has 1 heterocycles. The molecule has 0 aliphatic carbocycles. The number of nitrogens with one attached hydrogen (secondary N) is 2. The lowest BCUT2D eigenvalue weighted by molar-refractivity contribution is -0.114. The van der Waals surface area contributed by atoms with Crippen molar-refractivity contribution >= 4 is 35.0 Å². The molecule has 10 heteroatoms. The molecule has 0 atom stereocenters. The van der Waals surface area contributed by atoms with E-state index < -0.39 is 17.8 Å². The van der Waals surface area contributed by atoms with Gasteiger partial charge in [0.2, 0.25) is 5.91 Å². The molecule has 0 spiro atoms. The van der Waals surface area contributed by atoms with Crippen LogP contribution in [0.2, 0.25) is 0 Å². The lowest BCUT2D eigenvalue weighted by Crippen LogP contribution is -2.16. The lowest BCUT2D eigenvalue weighted by atomic mass is 10.2. The normalized spacial score (nSPS) is 11.0. The maximum atomic E-state index is 12.6. The molecule has 27 heavy (non-hydrogen) atoms. The minimum absolute atomic E-state index is 0.00117. The van der Waals surface area contributed by atoms with Gasteiger partial charge in [0.05, 0.1) is 24.1 Å². The Balaban J connectivity index is 2.26. The molecule has 144 valence electrons. The smallest absolute Gasteiger partial charge is 0.398 e. The third kappa shape index (κ3) is 6.17. The van der Waals surface area contributed by atoms with E-state index >= 15 is 0 Å². The molecule has 2 rings (SSSR count). The highest BCUT2D eigenvalue weighted by Gasteiger charge is 2.28. The Labute approximate surface area is 157 Å². The first-order valence-electron chi connectivity index (χ1n) is 7.61. The number of methoxy groups -OCH3 is 1. The number of halogens is 3. The first-order valence-corrected chi connectivity index (χ1v) is 8.59. The van der Waals surface area contributed by atoms with Crippen LogP contribution in [0.1, 0.15) is 17.3 Å². The molecule has 1 aromatic carbocycles. The summed E-state index contributed by atoms with van der Waals surface area (Å²) in [5.41, 5.74) is 0.680. The van der Waals surface area contributed by atoms with Gasteiger partial charge in [-0.3, -0.25) is 9.59 Å². The zero-order valence-electron chi connectivity index (χ0n) is 14.4.